The van der Waals surface area contributed by atoms with E-state index in [0.717, 1.165) is 12.8 Å². The number of imidazole rings is 1. The van der Waals surface area contributed by atoms with Gasteiger partial charge in [0.2, 0.25) is 5.78 Å². The molecular weight excluding hydrogens is 498 g/mol. The Labute approximate surface area is 222 Å². The van der Waals surface area contributed by atoms with E-state index in [2.05, 4.69) is 25.8 Å². The Balaban J connectivity index is 1.42. The first kappa shape index (κ1) is 25.4. The highest BCUT2D eigenvalue weighted by Gasteiger charge is 2.30. The third-order valence-corrected chi connectivity index (χ3v) is 6.16. The van der Waals surface area contributed by atoms with Gasteiger partial charge in [-0.15, -0.1) is 0 Å². The van der Waals surface area contributed by atoms with Crippen molar-refractivity contribution in [3.05, 3.63) is 99.5 Å². The van der Waals surface area contributed by atoms with E-state index in [1.165, 1.54) is 6.08 Å². The lowest BCUT2D eigenvalue weighted by atomic mass is 9.89. The van der Waals surface area contributed by atoms with Crippen molar-refractivity contribution in [2.24, 2.45) is 5.10 Å². The fraction of sp³-hybridized carbons (Fsp3) is 0.138. The fourth-order valence-electron chi connectivity index (χ4n) is 4.16. The number of unbranched alkanes of at least 4 members (excludes halogenated alkanes) is 1. The van der Waals surface area contributed by atoms with Gasteiger partial charge in [0.25, 0.3) is 5.91 Å². The van der Waals surface area contributed by atoms with Crippen LogP contribution >= 0.6 is 0 Å². The van der Waals surface area contributed by atoms with Crippen molar-refractivity contribution in [3.63, 3.8) is 0 Å². The Morgan fingerprint density at radius 3 is 2.56 bits per heavy atom. The smallest absolute Gasteiger partial charge is 0.340 e. The number of ether oxygens (including phenoxy) is 1. The number of aromatic amines is 2. The molecule has 0 fully saturated rings. The van der Waals surface area contributed by atoms with Crippen LogP contribution in [0.25, 0.3) is 17.1 Å². The summed E-state index contributed by atoms with van der Waals surface area (Å²) >= 11 is 0. The lowest BCUT2D eigenvalue weighted by Gasteiger charge is -2.18. The van der Waals surface area contributed by atoms with Crippen molar-refractivity contribution in [1.82, 2.24) is 9.97 Å². The highest BCUT2D eigenvalue weighted by atomic mass is 16.5. The van der Waals surface area contributed by atoms with Crippen LogP contribution in [-0.2, 0) is 14.3 Å². The molecule has 1 aromatic heterocycles. The van der Waals surface area contributed by atoms with Crippen LogP contribution < -0.4 is 16.4 Å². The fourth-order valence-corrected chi connectivity index (χ4v) is 4.16. The third-order valence-electron chi connectivity index (χ3n) is 6.16. The molecule has 5 rings (SSSR count). The number of amides is 1. The largest absolute Gasteiger partial charge is 0.462 e. The van der Waals surface area contributed by atoms with Crippen LogP contribution in [0.15, 0.2) is 82.2 Å². The van der Waals surface area contributed by atoms with E-state index in [0.29, 0.717) is 40.1 Å². The average molecular weight is 524 g/mol. The minimum Gasteiger partial charge on any atom is -0.462 e. The number of benzene rings is 3. The van der Waals surface area contributed by atoms with Gasteiger partial charge in [-0.05, 0) is 48.4 Å². The number of carbonyl (C=O) groups is 3. The topological polar surface area (TPSA) is 146 Å². The van der Waals surface area contributed by atoms with E-state index in [4.69, 9.17) is 4.74 Å². The Bertz CT molecular complexity index is 1710. The van der Waals surface area contributed by atoms with Gasteiger partial charge < -0.3 is 20.0 Å². The maximum absolute atomic E-state index is 13.5. The molecule has 4 aromatic rings. The summed E-state index contributed by atoms with van der Waals surface area (Å²) in [6.45, 7) is 2.31. The van der Waals surface area contributed by atoms with Crippen LogP contribution in [0.2, 0.25) is 0 Å². The summed E-state index contributed by atoms with van der Waals surface area (Å²) in [5.74, 6) is -1.71. The van der Waals surface area contributed by atoms with Crippen molar-refractivity contribution in [3.8, 4) is 0 Å². The summed E-state index contributed by atoms with van der Waals surface area (Å²) in [4.78, 5) is 56.1. The van der Waals surface area contributed by atoms with Crippen molar-refractivity contribution in [2.45, 2.75) is 19.8 Å². The molecule has 39 heavy (non-hydrogen) atoms. The average Bonchev–Trinajstić information content (AvgIpc) is 3.31. The number of anilines is 2. The number of nitrogens with one attached hydrogen (secondary N) is 4. The number of H-pyrrole nitrogens is 2. The maximum Gasteiger partial charge on any atom is 0.340 e. The van der Waals surface area contributed by atoms with Gasteiger partial charge in [-0.1, -0.05) is 49.7 Å². The van der Waals surface area contributed by atoms with Gasteiger partial charge in [-0.25, -0.2) is 9.59 Å². The van der Waals surface area contributed by atoms with Gasteiger partial charge in [-0.3, -0.25) is 15.0 Å². The Kier molecular flexibility index (Phi) is 7.17. The lowest BCUT2D eigenvalue weighted by Crippen LogP contribution is -2.30. The molecule has 0 unspecified atom stereocenters. The number of hydrazone groups is 1. The summed E-state index contributed by atoms with van der Waals surface area (Å²) in [6, 6.07) is 18.7. The zero-order valence-corrected chi connectivity index (χ0v) is 21.0. The van der Waals surface area contributed by atoms with Crippen LogP contribution in [0, 0.1) is 0 Å². The summed E-state index contributed by atoms with van der Waals surface area (Å²) in [5, 5.41) is 7.06. The standard InChI is InChI=1S/C29H25N5O5/c1-2-3-14-39-28(37)20-10-6-7-11-22(20)33-34-25-19-9-5-4-8-17(19)15-21(26(25)35)27(36)30-18-12-13-23-24(16-18)32-29(38)31-23/h4-13,15-16,33H,2-3,14H2,1H3,(H,30,36)(H2,31,32,38)/b34-25-. The molecule has 10 nitrogen and oxygen atoms in total. The molecule has 1 amide bonds. The summed E-state index contributed by atoms with van der Waals surface area (Å²) in [5.41, 5.74) is 5.73. The number of hydrogen-bond acceptors (Lipinski definition) is 7. The Hall–Kier alpha value is -5.25. The molecule has 1 aliphatic rings. The molecule has 1 heterocycles. The monoisotopic (exact) mass is 523 g/mol. The zero-order chi connectivity index (χ0) is 27.4. The highest BCUT2D eigenvalue weighted by Crippen LogP contribution is 2.25. The van der Waals surface area contributed by atoms with Crippen molar-refractivity contribution in [1.29, 1.82) is 0 Å². The van der Waals surface area contributed by atoms with E-state index in [9.17, 15) is 19.2 Å². The zero-order valence-electron chi connectivity index (χ0n) is 21.0. The predicted molar refractivity (Wildman–Crippen MR) is 149 cm³/mol. The van der Waals surface area contributed by atoms with E-state index in [-0.39, 0.29) is 22.5 Å². The molecule has 0 atom stereocenters. The number of Topliss-reactive ketones (excluding diaryl/α,β-unsaturated/α-hetero) is 1. The molecule has 0 saturated carbocycles. The second kappa shape index (κ2) is 11.0. The van der Waals surface area contributed by atoms with E-state index in [1.807, 2.05) is 6.92 Å². The van der Waals surface area contributed by atoms with E-state index >= 15 is 0 Å². The molecule has 196 valence electrons. The molecule has 10 heteroatoms. The molecule has 0 bridgehead atoms. The minimum absolute atomic E-state index is 0.0258. The van der Waals surface area contributed by atoms with Gasteiger partial charge in [0.15, 0.2) is 0 Å². The van der Waals surface area contributed by atoms with Crippen LogP contribution in [0.3, 0.4) is 0 Å². The van der Waals surface area contributed by atoms with Gasteiger partial charge in [0.05, 0.1) is 34.5 Å². The molecule has 1 aliphatic carbocycles. The van der Waals surface area contributed by atoms with Crippen LogP contribution in [0.5, 0.6) is 0 Å². The van der Waals surface area contributed by atoms with E-state index in [1.54, 1.807) is 66.7 Å². The van der Waals surface area contributed by atoms with Gasteiger partial charge in [0, 0.05) is 11.3 Å². The molecular formula is C29H25N5O5. The SMILES string of the molecule is CCCCOC(=O)c1ccccc1N/N=C1\C(=O)C(C(=O)Nc2ccc3[nH]c(=O)[nH]c3c2)=Cc2ccccc21. The molecule has 0 saturated heterocycles. The quantitative estimate of drug-likeness (QED) is 0.118. The Morgan fingerprint density at radius 2 is 1.72 bits per heavy atom. The Morgan fingerprint density at radius 1 is 0.949 bits per heavy atom. The number of para-hydroxylation sites is 1. The third kappa shape index (κ3) is 5.40. The maximum atomic E-state index is 13.5. The second-order valence-electron chi connectivity index (χ2n) is 8.88. The first-order chi connectivity index (χ1) is 18.9. The number of rotatable bonds is 8. The van der Waals surface area contributed by atoms with Crippen molar-refractivity contribution in [2.75, 3.05) is 17.3 Å². The number of aromatic nitrogens is 2. The van der Waals surface area contributed by atoms with Gasteiger partial charge in [0.1, 0.15) is 5.71 Å². The van der Waals surface area contributed by atoms with Gasteiger partial charge in [-0.2, -0.15) is 5.10 Å². The summed E-state index contributed by atoms with van der Waals surface area (Å²) < 4.78 is 5.33. The van der Waals surface area contributed by atoms with E-state index < -0.39 is 17.7 Å². The summed E-state index contributed by atoms with van der Waals surface area (Å²) in [7, 11) is 0. The van der Waals surface area contributed by atoms with Crippen LogP contribution in [-0.4, -0.2) is 39.9 Å². The van der Waals surface area contributed by atoms with Gasteiger partial charge >= 0.3 is 11.7 Å². The van der Waals surface area contributed by atoms with Crippen molar-refractivity contribution >= 4 is 51.9 Å². The normalized spacial score (nSPS) is 13.6. The highest BCUT2D eigenvalue weighted by molar-refractivity contribution is 6.59. The van der Waals surface area contributed by atoms with Crippen molar-refractivity contribution < 1.29 is 19.1 Å². The predicted octanol–water partition coefficient (Wildman–Crippen LogP) is 4.23. The summed E-state index contributed by atoms with van der Waals surface area (Å²) in [6.07, 6.45) is 3.16. The first-order valence-electron chi connectivity index (χ1n) is 12.4. The molecule has 0 spiro atoms. The molecule has 3 aromatic carbocycles. The number of ketones is 1. The number of esters is 1. The molecule has 4 N–H and O–H groups in total. The number of hydrogen-bond donors (Lipinski definition) is 4. The second-order valence-corrected chi connectivity index (χ2v) is 8.88. The number of fused-ring (bicyclic) bond motifs is 2. The number of nitrogens with zero attached hydrogens (tertiary/aromatic N) is 1. The lowest BCUT2D eigenvalue weighted by molar-refractivity contribution is -0.116. The molecule has 0 aliphatic heterocycles. The molecule has 0 radical (unpaired) electrons. The first-order valence-corrected chi connectivity index (χ1v) is 12.4. The van der Waals surface area contributed by atoms with Crippen LogP contribution in [0.4, 0.5) is 11.4 Å². The minimum atomic E-state index is -0.626. The number of carbonyl (C=O) groups excluding carboxylic acids is 3. The van der Waals surface area contributed by atoms with Crippen LogP contribution in [0.1, 0.15) is 41.3 Å².